The van der Waals surface area contributed by atoms with E-state index < -0.39 is 5.60 Å². The van der Waals surface area contributed by atoms with Gasteiger partial charge in [-0.25, -0.2) is 4.79 Å². The summed E-state index contributed by atoms with van der Waals surface area (Å²) in [7, 11) is 0. The zero-order valence-corrected chi connectivity index (χ0v) is 18.7. The summed E-state index contributed by atoms with van der Waals surface area (Å²) in [4.78, 5) is 18.8. The lowest BCUT2D eigenvalue weighted by Gasteiger charge is -2.31. The number of hydrogen-bond donors (Lipinski definition) is 1. The number of anilines is 1. The van der Waals surface area contributed by atoms with E-state index in [0.717, 1.165) is 45.3 Å². The molecule has 0 unspecified atom stereocenters. The van der Waals surface area contributed by atoms with Crippen LogP contribution in [0.25, 0.3) is 0 Å². The van der Waals surface area contributed by atoms with Gasteiger partial charge in [0.15, 0.2) is 0 Å². The number of unbranched alkanes of at least 4 members (excludes halogenated alkanes) is 1. The van der Waals surface area contributed by atoms with E-state index in [1.165, 1.54) is 17.1 Å². The van der Waals surface area contributed by atoms with Gasteiger partial charge < -0.3 is 19.7 Å². The fourth-order valence-corrected chi connectivity index (χ4v) is 3.85. The number of aryl methyl sites for hydroxylation is 1. The van der Waals surface area contributed by atoms with Crippen LogP contribution in [-0.4, -0.2) is 53.9 Å². The third-order valence-corrected chi connectivity index (χ3v) is 5.41. The highest BCUT2D eigenvalue weighted by atomic mass is 16.6. The van der Waals surface area contributed by atoms with E-state index in [1.807, 2.05) is 20.8 Å². The second-order valence-corrected chi connectivity index (χ2v) is 10.2. The van der Waals surface area contributed by atoms with Crippen molar-refractivity contribution in [3.8, 4) is 0 Å². The first kappa shape index (κ1) is 21.9. The lowest BCUT2D eigenvalue weighted by molar-refractivity contribution is 0.0206. The molecule has 0 radical (unpaired) electrons. The second kappa shape index (κ2) is 8.90. The highest BCUT2D eigenvalue weighted by Crippen LogP contribution is 2.31. The number of carbonyl (C=O) groups excluding carboxylic acids is 1. The Labute approximate surface area is 175 Å². The predicted octanol–water partition coefficient (Wildman–Crippen LogP) is 4.42. The monoisotopic (exact) mass is 403 g/mol. The van der Waals surface area contributed by atoms with Crippen molar-refractivity contribution in [2.24, 2.45) is 5.41 Å². The first-order valence-electron chi connectivity index (χ1n) is 10.9. The molecule has 0 saturated carbocycles. The Balaban J connectivity index is 1.34. The maximum atomic E-state index is 12.1. The molecule has 3 rings (SSSR count). The van der Waals surface area contributed by atoms with Crippen LogP contribution in [0.1, 0.15) is 65.3 Å². The van der Waals surface area contributed by atoms with Crippen LogP contribution in [-0.2, 0) is 22.3 Å². The lowest BCUT2D eigenvalue weighted by Crippen LogP contribution is -2.36. The van der Waals surface area contributed by atoms with Gasteiger partial charge in [-0.1, -0.05) is 13.8 Å². The van der Waals surface area contributed by atoms with Crippen LogP contribution in [0.2, 0.25) is 0 Å². The third kappa shape index (κ3) is 6.59. The van der Waals surface area contributed by atoms with E-state index in [9.17, 15) is 4.79 Å². The van der Waals surface area contributed by atoms with Gasteiger partial charge >= 0.3 is 6.09 Å². The summed E-state index contributed by atoms with van der Waals surface area (Å²) in [6.45, 7) is 13.3. The number of amides is 1. The minimum Gasteiger partial charge on any atom is -0.444 e. The number of likely N-dealkylation sites (tertiary alicyclic amines) is 1. The highest BCUT2D eigenvalue weighted by molar-refractivity contribution is 5.68. The SMILES string of the molecule is CC1(C)CNc2ccc(CCCCO[C@@H]3CCN(C(=O)OC(C)(C)C)C3)nc2C1. The number of pyridine rings is 1. The maximum absolute atomic E-state index is 12.1. The number of fused-ring (bicyclic) bond motifs is 1. The molecule has 6 heteroatoms. The fraction of sp³-hybridized carbons (Fsp3) is 0.739. The molecule has 1 saturated heterocycles. The molecule has 1 fully saturated rings. The van der Waals surface area contributed by atoms with E-state index in [2.05, 4.69) is 31.3 Å². The minimum absolute atomic E-state index is 0.123. The summed E-state index contributed by atoms with van der Waals surface area (Å²) in [5.74, 6) is 0. The van der Waals surface area contributed by atoms with Crippen LogP contribution in [0.5, 0.6) is 0 Å². The van der Waals surface area contributed by atoms with Gasteiger partial charge in [-0.3, -0.25) is 4.98 Å². The Morgan fingerprint density at radius 2 is 2.10 bits per heavy atom. The van der Waals surface area contributed by atoms with Crippen LogP contribution >= 0.6 is 0 Å². The van der Waals surface area contributed by atoms with Gasteiger partial charge in [0, 0.05) is 25.4 Å². The molecule has 6 nitrogen and oxygen atoms in total. The van der Waals surface area contributed by atoms with Gasteiger partial charge in [-0.05, 0) is 70.4 Å². The average molecular weight is 404 g/mol. The number of hydrogen-bond acceptors (Lipinski definition) is 5. The van der Waals surface area contributed by atoms with E-state index in [1.54, 1.807) is 4.90 Å². The van der Waals surface area contributed by atoms with Gasteiger partial charge in [-0.2, -0.15) is 0 Å². The van der Waals surface area contributed by atoms with Crippen molar-refractivity contribution in [2.75, 3.05) is 31.6 Å². The molecule has 29 heavy (non-hydrogen) atoms. The lowest BCUT2D eigenvalue weighted by atomic mass is 9.84. The molecule has 0 spiro atoms. The predicted molar refractivity (Wildman–Crippen MR) is 115 cm³/mol. The number of rotatable bonds is 6. The Morgan fingerprint density at radius 3 is 2.86 bits per heavy atom. The Morgan fingerprint density at radius 1 is 1.31 bits per heavy atom. The largest absolute Gasteiger partial charge is 0.444 e. The molecular formula is C23H37N3O3. The first-order chi connectivity index (χ1) is 13.6. The molecule has 1 aromatic rings. The molecule has 0 bridgehead atoms. The summed E-state index contributed by atoms with van der Waals surface area (Å²) in [5.41, 5.74) is 3.36. The maximum Gasteiger partial charge on any atom is 0.410 e. The van der Waals surface area contributed by atoms with Crippen LogP contribution in [0.4, 0.5) is 10.5 Å². The van der Waals surface area contributed by atoms with Gasteiger partial charge in [0.2, 0.25) is 0 Å². The molecule has 2 aliphatic heterocycles. The summed E-state index contributed by atoms with van der Waals surface area (Å²) < 4.78 is 11.4. The number of nitrogens with one attached hydrogen (secondary N) is 1. The first-order valence-corrected chi connectivity index (χ1v) is 10.9. The number of nitrogens with zero attached hydrogens (tertiary/aromatic N) is 2. The van der Waals surface area contributed by atoms with Crippen LogP contribution in [0.15, 0.2) is 12.1 Å². The molecule has 2 aliphatic rings. The molecule has 1 atom stereocenters. The van der Waals surface area contributed by atoms with Crippen LogP contribution in [0, 0.1) is 5.41 Å². The topological polar surface area (TPSA) is 63.7 Å². The Kier molecular flexibility index (Phi) is 6.72. The normalized spacial score (nSPS) is 20.9. The van der Waals surface area contributed by atoms with Crippen molar-refractivity contribution in [2.45, 2.75) is 78.4 Å². The van der Waals surface area contributed by atoms with Crippen molar-refractivity contribution in [1.82, 2.24) is 9.88 Å². The molecule has 0 aliphatic carbocycles. The molecule has 1 amide bonds. The summed E-state index contributed by atoms with van der Waals surface area (Å²) >= 11 is 0. The molecular weight excluding hydrogens is 366 g/mol. The van der Waals surface area contributed by atoms with Crippen molar-refractivity contribution in [3.05, 3.63) is 23.5 Å². The zero-order chi connectivity index (χ0) is 21.1. The Hall–Kier alpha value is -1.82. The average Bonchev–Trinajstić information content (AvgIpc) is 3.08. The number of carbonyl (C=O) groups is 1. The van der Waals surface area contributed by atoms with Gasteiger partial charge in [0.05, 0.1) is 24.0 Å². The van der Waals surface area contributed by atoms with Crippen molar-refractivity contribution in [1.29, 1.82) is 0 Å². The molecule has 0 aromatic carbocycles. The molecule has 1 aromatic heterocycles. The third-order valence-electron chi connectivity index (χ3n) is 5.41. The zero-order valence-electron chi connectivity index (χ0n) is 18.7. The summed E-state index contributed by atoms with van der Waals surface area (Å²) in [6, 6.07) is 4.31. The second-order valence-electron chi connectivity index (χ2n) is 10.2. The van der Waals surface area contributed by atoms with Gasteiger partial charge in [0.1, 0.15) is 5.60 Å². The summed E-state index contributed by atoms with van der Waals surface area (Å²) in [5, 5.41) is 3.49. The highest BCUT2D eigenvalue weighted by Gasteiger charge is 2.30. The molecule has 162 valence electrons. The van der Waals surface area contributed by atoms with E-state index in [0.29, 0.717) is 13.1 Å². The minimum atomic E-state index is -0.452. The quantitative estimate of drug-likeness (QED) is 0.712. The molecule has 3 heterocycles. The van der Waals surface area contributed by atoms with Gasteiger partial charge in [-0.15, -0.1) is 0 Å². The van der Waals surface area contributed by atoms with Crippen molar-refractivity contribution in [3.63, 3.8) is 0 Å². The fourth-order valence-electron chi connectivity index (χ4n) is 3.85. The standard InChI is InChI=1S/C23H37N3O3/c1-22(2,3)29-21(27)26-12-11-18(15-26)28-13-7-6-8-17-9-10-19-20(25-17)14-23(4,5)16-24-19/h9-10,18,24H,6-8,11-16H2,1-5H3/t18-/m1/s1. The van der Waals surface area contributed by atoms with E-state index >= 15 is 0 Å². The molecule has 1 N–H and O–H groups in total. The smallest absolute Gasteiger partial charge is 0.410 e. The number of aromatic nitrogens is 1. The van der Waals surface area contributed by atoms with Crippen LogP contribution < -0.4 is 5.32 Å². The van der Waals surface area contributed by atoms with Crippen molar-refractivity contribution >= 4 is 11.8 Å². The van der Waals surface area contributed by atoms with E-state index in [4.69, 9.17) is 14.5 Å². The van der Waals surface area contributed by atoms with Crippen LogP contribution in [0.3, 0.4) is 0 Å². The van der Waals surface area contributed by atoms with E-state index in [-0.39, 0.29) is 17.6 Å². The summed E-state index contributed by atoms with van der Waals surface area (Å²) in [6.07, 6.45) is 4.84. The van der Waals surface area contributed by atoms with Crippen molar-refractivity contribution < 1.29 is 14.3 Å². The number of ether oxygens (including phenoxy) is 2. The van der Waals surface area contributed by atoms with Gasteiger partial charge in [0.25, 0.3) is 0 Å². The Bertz CT molecular complexity index is 712.